The molecular weight excluding hydrogens is 360 g/mol. The average molecular weight is 386 g/mol. The molecule has 150 valence electrons. The number of rotatable bonds is 10. The molecule has 1 aromatic carbocycles. The predicted octanol–water partition coefficient (Wildman–Crippen LogP) is 4.30. The van der Waals surface area contributed by atoms with Gasteiger partial charge in [-0.3, -0.25) is 4.79 Å². The molecule has 28 heavy (non-hydrogen) atoms. The minimum atomic E-state index is -1.05. The smallest absolute Gasteiger partial charge is 0.310 e. The Labute approximate surface area is 165 Å². The molecule has 0 aliphatic heterocycles. The molecule has 0 fully saturated rings. The van der Waals surface area contributed by atoms with Crippen LogP contribution in [0.1, 0.15) is 37.7 Å². The van der Waals surface area contributed by atoms with E-state index in [1.165, 1.54) is 36.7 Å². The number of hydrogen-bond acceptors (Lipinski definition) is 6. The van der Waals surface area contributed by atoms with Crippen LogP contribution in [0.3, 0.4) is 0 Å². The van der Waals surface area contributed by atoms with Gasteiger partial charge in [-0.25, -0.2) is 0 Å². The highest BCUT2D eigenvalue weighted by Gasteiger charge is 2.17. The van der Waals surface area contributed by atoms with Gasteiger partial charge in [-0.15, -0.1) is 0 Å². The van der Waals surface area contributed by atoms with Crippen LogP contribution in [-0.4, -0.2) is 23.5 Å². The van der Waals surface area contributed by atoms with Crippen LogP contribution < -0.4 is 4.74 Å². The van der Waals surface area contributed by atoms with Gasteiger partial charge in [0.2, 0.25) is 6.29 Å². The Kier molecular flexibility index (Phi) is 8.88. The molecule has 1 aliphatic carbocycles. The van der Waals surface area contributed by atoms with Crippen LogP contribution in [-0.2, 0) is 19.0 Å². The average Bonchev–Trinajstić information content (AvgIpc) is 2.74. The van der Waals surface area contributed by atoms with Crippen molar-refractivity contribution >= 4 is 5.97 Å². The molecule has 0 aromatic heterocycles. The van der Waals surface area contributed by atoms with E-state index in [4.69, 9.17) is 24.1 Å². The molecule has 0 unspecified atom stereocenters. The summed E-state index contributed by atoms with van der Waals surface area (Å²) in [5.41, 5.74) is 1.19. The third-order valence-electron chi connectivity index (χ3n) is 4.10. The van der Waals surface area contributed by atoms with Gasteiger partial charge < -0.3 is 24.1 Å². The molecule has 3 atom stereocenters. The molecule has 0 radical (unpaired) electrons. The Morgan fingerprint density at radius 3 is 2.61 bits per heavy atom. The zero-order valence-electron chi connectivity index (χ0n) is 15.9. The first-order chi connectivity index (χ1) is 13.6. The van der Waals surface area contributed by atoms with E-state index in [2.05, 4.69) is 12.7 Å². The number of benzene rings is 1. The highest BCUT2D eigenvalue weighted by Crippen LogP contribution is 2.30. The number of carbonyl (C=O) groups is 1. The summed E-state index contributed by atoms with van der Waals surface area (Å²) in [7, 11) is 0. The fourth-order valence-electron chi connectivity index (χ4n) is 2.57. The van der Waals surface area contributed by atoms with Crippen LogP contribution in [0.5, 0.6) is 5.75 Å². The molecule has 0 saturated carbocycles. The van der Waals surface area contributed by atoms with Gasteiger partial charge in [0.25, 0.3) is 0 Å². The molecule has 6 nitrogen and oxygen atoms in total. The molecule has 0 saturated heterocycles. The summed E-state index contributed by atoms with van der Waals surface area (Å²) in [6.07, 6.45) is 11.8. The van der Waals surface area contributed by atoms with Crippen LogP contribution in [0.2, 0.25) is 0 Å². The van der Waals surface area contributed by atoms with Crippen LogP contribution in [0.25, 0.3) is 0 Å². The van der Waals surface area contributed by atoms with Crippen molar-refractivity contribution in [3.05, 3.63) is 79.7 Å². The number of esters is 1. The van der Waals surface area contributed by atoms with Crippen molar-refractivity contribution < 1.29 is 28.8 Å². The van der Waals surface area contributed by atoms with Crippen LogP contribution >= 0.6 is 0 Å². The molecule has 6 heteroatoms. The fourth-order valence-corrected chi connectivity index (χ4v) is 2.57. The van der Waals surface area contributed by atoms with E-state index in [0.717, 1.165) is 12.8 Å². The maximum atomic E-state index is 11.0. The van der Waals surface area contributed by atoms with Gasteiger partial charge in [-0.05, 0) is 42.7 Å². The quantitative estimate of drug-likeness (QED) is 0.280. The minimum Gasteiger partial charge on any atom is -0.491 e. The SMILES string of the molecule is C=C[C@H](O)O/C=C\Oc1ccc([C@H]2C=C[C@@H](O/C=C\OC(=O)CC)CC2)cc1. The highest BCUT2D eigenvalue weighted by atomic mass is 16.6. The van der Waals surface area contributed by atoms with Crippen molar-refractivity contribution in [1.82, 2.24) is 0 Å². The van der Waals surface area contributed by atoms with Gasteiger partial charge in [-0.2, -0.15) is 0 Å². The second-order valence-electron chi connectivity index (χ2n) is 6.08. The van der Waals surface area contributed by atoms with Crippen molar-refractivity contribution in [2.24, 2.45) is 0 Å². The molecule has 0 spiro atoms. The predicted molar refractivity (Wildman–Crippen MR) is 105 cm³/mol. The first-order valence-corrected chi connectivity index (χ1v) is 9.18. The van der Waals surface area contributed by atoms with Gasteiger partial charge in [0, 0.05) is 12.3 Å². The summed E-state index contributed by atoms with van der Waals surface area (Å²) in [6.45, 7) is 5.14. The Bertz CT molecular complexity index is 704. The summed E-state index contributed by atoms with van der Waals surface area (Å²) in [5.74, 6) is 0.700. The lowest BCUT2D eigenvalue weighted by Gasteiger charge is -2.22. The maximum absolute atomic E-state index is 11.0. The zero-order valence-corrected chi connectivity index (χ0v) is 15.9. The van der Waals surface area contributed by atoms with Gasteiger partial charge in [0.15, 0.2) is 0 Å². The Morgan fingerprint density at radius 1 is 1.18 bits per heavy atom. The monoisotopic (exact) mass is 386 g/mol. The van der Waals surface area contributed by atoms with E-state index in [9.17, 15) is 4.79 Å². The molecule has 1 aromatic rings. The molecule has 0 bridgehead atoms. The van der Waals surface area contributed by atoms with Crippen molar-refractivity contribution in [2.75, 3.05) is 0 Å². The van der Waals surface area contributed by atoms with Crippen molar-refractivity contribution in [3.8, 4) is 5.75 Å². The van der Waals surface area contributed by atoms with E-state index in [-0.39, 0.29) is 12.1 Å². The minimum absolute atomic E-state index is 0.0218. The van der Waals surface area contributed by atoms with E-state index < -0.39 is 6.29 Å². The van der Waals surface area contributed by atoms with E-state index >= 15 is 0 Å². The molecule has 1 aliphatic rings. The lowest BCUT2D eigenvalue weighted by atomic mass is 9.88. The highest BCUT2D eigenvalue weighted by molar-refractivity contribution is 5.69. The number of hydrogen-bond donors (Lipinski definition) is 1. The summed E-state index contributed by atoms with van der Waals surface area (Å²) < 4.78 is 20.7. The van der Waals surface area contributed by atoms with Gasteiger partial charge in [0.05, 0.1) is 0 Å². The largest absolute Gasteiger partial charge is 0.491 e. The molecule has 0 heterocycles. The Balaban J connectivity index is 1.78. The summed E-state index contributed by atoms with van der Waals surface area (Å²) in [4.78, 5) is 11.0. The molecule has 1 N–H and O–H groups in total. The lowest BCUT2D eigenvalue weighted by molar-refractivity contribution is -0.137. The Hall–Kier alpha value is -2.99. The Morgan fingerprint density at radius 2 is 1.96 bits per heavy atom. The molecule has 2 rings (SSSR count). The normalized spacial score (nSPS) is 20.1. The van der Waals surface area contributed by atoms with Crippen LogP contribution in [0.15, 0.2) is 74.1 Å². The van der Waals surface area contributed by atoms with Crippen LogP contribution in [0, 0.1) is 0 Å². The molecular formula is C22H26O6. The maximum Gasteiger partial charge on any atom is 0.310 e. The van der Waals surface area contributed by atoms with E-state index in [1.54, 1.807) is 6.92 Å². The third kappa shape index (κ3) is 7.32. The summed E-state index contributed by atoms with van der Waals surface area (Å²) in [5, 5.41) is 9.16. The second-order valence-corrected chi connectivity index (χ2v) is 6.08. The summed E-state index contributed by atoms with van der Waals surface area (Å²) in [6, 6.07) is 7.79. The lowest BCUT2D eigenvalue weighted by Crippen LogP contribution is -2.13. The zero-order chi connectivity index (χ0) is 20.2. The van der Waals surface area contributed by atoms with Crippen molar-refractivity contribution in [2.45, 2.75) is 44.5 Å². The first-order valence-electron chi connectivity index (χ1n) is 9.18. The van der Waals surface area contributed by atoms with Gasteiger partial charge in [0.1, 0.15) is 36.9 Å². The van der Waals surface area contributed by atoms with Gasteiger partial charge in [-0.1, -0.05) is 31.7 Å². The first kappa shape index (κ1) is 21.3. The second kappa shape index (κ2) is 11.7. The number of allylic oxidation sites excluding steroid dienone is 1. The molecule has 0 amide bonds. The number of aliphatic hydroxyl groups excluding tert-OH is 1. The standard InChI is InChI=1S/C22H26O6/c1-3-21(23)27-15-13-25-19-9-5-17(6-10-19)18-7-11-20(12-8-18)26-14-16-28-22(24)4-2/h3,5-7,9-11,13-16,18,20-21,23H,1,4,8,12H2,2H3/b15-13-,16-14-/t18-,20+,21+/m0/s1. The van der Waals surface area contributed by atoms with Gasteiger partial charge >= 0.3 is 5.97 Å². The number of carbonyl (C=O) groups excluding carboxylic acids is 1. The van der Waals surface area contributed by atoms with E-state index in [1.807, 2.05) is 30.3 Å². The number of ether oxygens (including phenoxy) is 4. The van der Waals surface area contributed by atoms with E-state index in [0.29, 0.717) is 18.1 Å². The van der Waals surface area contributed by atoms with Crippen LogP contribution in [0.4, 0.5) is 0 Å². The number of aliphatic hydroxyl groups is 1. The summed E-state index contributed by atoms with van der Waals surface area (Å²) >= 11 is 0. The topological polar surface area (TPSA) is 74.2 Å². The third-order valence-corrected chi connectivity index (χ3v) is 4.10. The van der Waals surface area contributed by atoms with Crippen molar-refractivity contribution in [1.29, 1.82) is 0 Å². The van der Waals surface area contributed by atoms with Crippen molar-refractivity contribution in [3.63, 3.8) is 0 Å². The fraction of sp³-hybridized carbons (Fsp3) is 0.318.